The summed E-state index contributed by atoms with van der Waals surface area (Å²) in [5.74, 6) is 0. The molecule has 0 radical (unpaired) electrons. The van der Waals surface area contributed by atoms with Gasteiger partial charge in [0.2, 0.25) is 0 Å². The third-order valence-electron chi connectivity index (χ3n) is 2.77. The molecule has 0 saturated carbocycles. The van der Waals surface area contributed by atoms with E-state index in [-0.39, 0.29) is 4.90 Å². The van der Waals surface area contributed by atoms with Crippen molar-refractivity contribution in [1.82, 2.24) is 10.3 Å². The van der Waals surface area contributed by atoms with E-state index in [4.69, 9.17) is 0 Å². The quantitative estimate of drug-likeness (QED) is 0.895. The van der Waals surface area contributed by atoms with Crippen LogP contribution in [0.2, 0.25) is 0 Å². The summed E-state index contributed by atoms with van der Waals surface area (Å²) in [6, 6.07) is 5.19. The number of benzene rings is 1. The zero-order valence-corrected chi connectivity index (χ0v) is 11.0. The molecule has 0 saturated heterocycles. The zero-order chi connectivity index (χ0) is 12.6. The Labute approximate surface area is 109 Å². The first-order valence-electron chi connectivity index (χ1n) is 5.40. The molecular formula is C11H11N3O2S2. The number of nitrogens with one attached hydrogen (secondary N) is 2. The molecule has 1 aliphatic heterocycles. The molecule has 94 valence electrons. The molecule has 0 unspecified atom stereocenters. The predicted octanol–water partition coefficient (Wildman–Crippen LogP) is 1.55. The number of aromatic nitrogens is 1. The highest BCUT2D eigenvalue weighted by Crippen LogP contribution is 2.22. The fraction of sp³-hybridized carbons (Fsp3) is 0.182. The van der Waals surface area contributed by atoms with E-state index in [1.165, 1.54) is 11.3 Å². The molecule has 5 nitrogen and oxygen atoms in total. The Morgan fingerprint density at radius 1 is 1.28 bits per heavy atom. The van der Waals surface area contributed by atoms with Crippen LogP contribution in [0.1, 0.15) is 11.1 Å². The van der Waals surface area contributed by atoms with Gasteiger partial charge in [0.25, 0.3) is 10.0 Å². The van der Waals surface area contributed by atoms with Gasteiger partial charge in [0.1, 0.15) is 0 Å². The number of hydrogen-bond donors (Lipinski definition) is 2. The van der Waals surface area contributed by atoms with Crippen molar-refractivity contribution >= 4 is 26.5 Å². The Balaban J connectivity index is 1.94. The van der Waals surface area contributed by atoms with E-state index in [9.17, 15) is 8.42 Å². The molecule has 0 bridgehead atoms. The van der Waals surface area contributed by atoms with Gasteiger partial charge in [-0.25, -0.2) is 13.4 Å². The Bertz CT molecular complexity index is 666. The fourth-order valence-electron chi connectivity index (χ4n) is 1.89. The van der Waals surface area contributed by atoms with E-state index in [2.05, 4.69) is 15.0 Å². The van der Waals surface area contributed by atoms with Gasteiger partial charge in [0, 0.05) is 24.7 Å². The van der Waals surface area contributed by atoms with Gasteiger partial charge >= 0.3 is 0 Å². The van der Waals surface area contributed by atoms with E-state index >= 15 is 0 Å². The molecule has 0 aliphatic carbocycles. The van der Waals surface area contributed by atoms with Crippen LogP contribution in [-0.4, -0.2) is 13.4 Å². The van der Waals surface area contributed by atoms with Crippen LogP contribution in [0.4, 0.5) is 5.13 Å². The molecule has 1 aromatic carbocycles. The minimum atomic E-state index is -3.53. The molecular weight excluding hydrogens is 270 g/mol. The standard InChI is InChI=1S/C11H11N3O2S2/c15-18(16,14-11-13-3-4-17-11)10-2-1-8-6-12-7-9(8)5-10/h1-5,12H,6-7H2,(H,13,14). The highest BCUT2D eigenvalue weighted by molar-refractivity contribution is 7.93. The van der Waals surface area contributed by atoms with Crippen LogP contribution < -0.4 is 10.0 Å². The van der Waals surface area contributed by atoms with Crippen LogP contribution in [-0.2, 0) is 23.1 Å². The van der Waals surface area contributed by atoms with Gasteiger partial charge in [-0.2, -0.15) is 0 Å². The molecule has 2 N–H and O–H groups in total. The molecule has 2 heterocycles. The number of thiazole rings is 1. The van der Waals surface area contributed by atoms with Crippen LogP contribution >= 0.6 is 11.3 Å². The lowest BCUT2D eigenvalue weighted by molar-refractivity contribution is 0.601. The molecule has 1 aliphatic rings. The summed E-state index contributed by atoms with van der Waals surface area (Å²) in [4.78, 5) is 4.19. The maximum Gasteiger partial charge on any atom is 0.263 e. The zero-order valence-electron chi connectivity index (χ0n) is 9.38. The Hall–Kier alpha value is -1.44. The smallest absolute Gasteiger partial charge is 0.263 e. The molecule has 0 spiro atoms. The summed E-state index contributed by atoms with van der Waals surface area (Å²) in [7, 11) is -3.53. The second-order valence-electron chi connectivity index (χ2n) is 3.98. The van der Waals surface area contributed by atoms with Gasteiger partial charge in [-0.1, -0.05) is 6.07 Å². The fourth-order valence-corrected chi connectivity index (χ4v) is 3.72. The minimum absolute atomic E-state index is 0.278. The topological polar surface area (TPSA) is 71.1 Å². The summed E-state index contributed by atoms with van der Waals surface area (Å²) in [6.45, 7) is 1.52. The maximum absolute atomic E-state index is 12.1. The average molecular weight is 281 g/mol. The van der Waals surface area contributed by atoms with E-state index in [0.717, 1.165) is 24.2 Å². The van der Waals surface area contributed by atoms with E-state index in [1.54, 1.807) is 23.7 Å². The number of nitrogens with zero attached hydrogens (tertiary/aromatic N) is 1. The van der Waals surface area contributed by atoms with Crippen LogP contribution in [0, 0.1) is 0 Å². The van der Waals surface area contributed by atoms with Gasteiger partial charge < -0.3 is 5.32 Å². The summed E-state index contributed by atoms with van der Waals surface area (Å²) in [5, 5.41) is 5.30. The molecule has 1 aromatic heterocycles. The first kappa shape index (κ1) is 11.6. The predicted molar refractivity (Wildman–Crippen MR) is 69.9 cm³/mol. The van der Waals surface area contributed by atoms with Crippen LogP contribution in [0.15, 0.2) is 34.7 Å². The van der Waals surface area contributed by atoms with Gasteiger partial charge in [-0.15, -0.1) is 11.3 Å². The Morgan fingerprint density at radius 3 is 2.89 bits per heavy atom. The molecule has 2 aromatic rings. The molecule has 7 heteroatoms. The number of sulfonamides is 1. The first-order valence-corrected chi connectivity index (χ1v) is 7.76. The SMILES string of the molecule is O=S(=O)(Nc1nccs1)c1ccc2c(c1)CNC2. The number of anilines is 1. The van der Waals surface area contributed by atoms with Crippen molar-refractivity contribution in [3.05, 3.63) is 40.9 Å². The van der Waals surface area contributed by atoms with Crippen molar-refractivity contribution in [1.29, 1.82) is 0 Å². The van der Waals surface area contributed by atoms with Crippen LogP contribution in [0.25, 0.3) is 0 Å². The van der Waals surface area contributed by atoms with Crippen molar-refractivity contribution < 1.29 is 8.42 Å². The summed E-state index contributed by atoms with van der Waals surface area (Å²) >= 11 is 1.26. The van der Waals surface area contributed by atoms with E-state index in [0.29, 0.717) is 5.13 Å². The normalized spacial score (nSPS) is 14.4. The van der Waals surface area contributed by atoms with Crippen molar-refractivity contribution in [2.45, 2.75) is 18.0 Å². The molecule has 0 fully saturated rings. The van der Waals surface area contributed by atoms with Crippen LogP contribution in [0.3, 0.4) is 0 Å². The van der Waals surface area contributed by atoms with Gasteiger partial charge in [-0.05, 0) is 23.3 Å². The lowest BCUT2D eigenvalue weighted by Crippen LogP contribution is -2.13. The van der Waals surface area contributed by atoms with Crippen molar-refractivity contribution in [3.63, 3.8) is 0 Å². The average Bonchev–Trinajstić information content (AvgIpc) is 2.97. The highest BCUT2D eigenvalue weighted by Gasteiger charge is 2.18. The highest BCUT2D eigenvalue weighted by atomic mass is 32.2. The van der Waals surface area contributed by atoms with E-state index in [1.807, 2.05) is 6.07 Å². The number of fused-ring (bicyclic) bond motifs is 1. The minimum Gasteiger partial charge on any atom is -0.309 e. The second-order valence-corrected chi connectivity index (χ2v) is 6.55. The lowest BCUT2D eigenvalue weighted by Gasteiger charge is -2.06. The lowest BCUT2D eigenvalue weighted by atomic mass is 10.1. The summed E-state index contributed by atoms with van der Waals surface area (Å²) in [5.41, 5.74) is 2.19. The monoisotopic (exact) mass is 281 g/mol. The molecule has 0 atom stereocenters. The Kier molecular flexibility index (Phi) is 2.81. The molecule has 0 amide bonds. The number of hydrogen-bond acceptors (Lipinski definition) is 5. The van der Waals surface area contributed by atoms with Crippen molar-refractivity contribution in [2.24, 2.45) is 0 Å². The van der Waals surface area contributed by atoms with Gasteiger partial charge in [-0.3, -0.25) is 4.72 Å². The summed E-state index contributed by atoms with van der Waals surface area (Å²) < 4.78 is 26.7. The maximum atomic E-state index is 12.1. The molecule has 3 rings (SSSR count). The largest absolute Gasteiger partial charge is 0.309 e. The van der Waals surface area contributed by atoms with Gasteiger partial charge in [0.05, 0.1) is 4.90 Å². The number of rotatable bonds is 3. The van der Waals surface area contributed by atoms with Gasteiger partial charge in [0.15, 0.2) is 5.13 Å². The van der Waals surface area contributed by atoms with Crippen molar-refractivity contribution in [3.8, 4) is 0 Å². The molecule has 18 heavy (non-hydrogen) atoms. The second kappa shape index (κ2) is 4.34. The third kappa shape index (κ3) is 2.12. The van der Waals surface area contributed by atoms with E-state index < -0.39 is 10.0 Å². The first-order chi connectivity index (χ1) is 8.65. The van der Waals surface area contributed by atoms with Crippen LogP contribution in [0.5, 0.6) is 0 Å². The Morgan fingerprint density at radius 2 is 2.11 bits per heavy atom. The van der Waals surface area contributed by atoms with Crippen molar-refractivity contribution in [2.75, 3.05) is 4.72 Å². The summed E-state index contributed by atoms with van der Waals surface area (Å²) in [6.07, 6.45) is 1.56. The third-order valence-corrected chi connectivity index (χ3v) is 4.93.